The van der Waals surface area contributed by atoms with E-state index in [1.54, 1.807) is 42.5 Å². The normalized spacial score (nSPS) is 12.6. The van der Waals surface area contributed by atoms with Crippen LogP contribution in [0.25, 0.3) is 0 Å². The molecule has 0 radical (unpaired) electrons. The van der Waals surface area contributed by atoms with Crippen LogP contribution in [-0.2, 0) is 32.6 Å². The average molecular weight is 710 g/mol. The highest BCUT2D eigenvalue weighted by molar-refractivity contribution is 14.1. The zero-order valence-corrected chi connectivity index (χ0v) is 27.2. The van der Waals surface area contributed by atoms with Gasteiger partial charge in [-0.25, -0.2) is 8.42 Å². The van der Waals surface area contributed by atoms with Gasteiger partial charge in [-0.3, -0.25) is 13.9 Å². The quantitative estimate of drug-likeness (QED) is 0.172. The lowest BCUT2D eigenvalue weighted by molar-refractivity contribution is -0.140. The van der Waals surface area contributed by atoms with Gasteiger partial charge >= 0.3 is 0 Å². The summed E-state index contributed by atoms with van der Waals surface area (Å²) in [6.07, 6.45) is 1.00. The number of rotatable bonds is 13. The van der Waals surface area contributed by atoms with Crippen LogP contribution in [0.3, 0.4) is 0 Å². The van der Waals surface area contributed by atoms with Crippen molar-refractivity contribution in [3.8, 4) is 0 Å². The first-order valence-electron chi connectivity index (χ1n) is 14.2. The Kier molecular flexibility index (Phi) is 11.4. The van der Waals surface area contributed by atoms with Gasteiger partial charge in [-0.05, 0) is 83.5 Å². The minimum Gasteiger partial charge on any atom is -0.352 e. The Bertz CT molecular complexity index is 1590. The molecule has 0 bridgehead atoms. The summed E-state index contributed by atoms with van der Waals surface area (Å²) >= 11 is 2.15. The van der Waals surface area contributed by atoms with Crippen LogP contribution in [0.15, 0.2) is 120 Å². The van der Waals surface area contributed by atoms with E-state index in [2.05, 4.69) is 27.9 Å². The van der Waals surface area contributed by atoms with Crippen molar-refractivity contribution in [1.82, 2.24) is 10.2 Å². The maximum atomic E-state index is 14.4. The van der Waals surface area contributed by atoms with Gasteiger partial charge in [0.25, 0.3) is 10.0 Å². The molecule has 0 aromatic heterocycles. The molecule has 0 fully saturated rings. The van der Waals surface area contributed by atoms with E-state index in [1.165, 1.54) is 17.0 Å². The summed E-state index contributed by atoms with van der Waals surface area (Å²) in [7, 11) is -4.11. The number of hydrogen-bond acceptors (Lipinski definition) is 4. The lowest BCUT2D eigenvalue weighted by atomic mass is 10.0. The number of nitrogens with zero attached hydrogens (tertiary/aromatic N) is 2. The van der Waals surface area contributed by atoms with Gasteiger partial charge in [0.2, 0.25) is 11.8 Å². The highest BCUT2D eigenvalue weighted by Gasteiger charge is 2.34. The minimum absolute atomic E-state index is 0.0753. The number of benzene rings is 4. The first kappa shape index (κ1) is 32.2. The molecule has 0 saturated carbocycles. The van der Waals surface area contributed by atoms with Gasteiger partial charge < -0.3 is 10.2 Å². The zero-order valence-electron chi connectivity index (χ0n) is 24.3. The van der Waals surface area contributed by atoms with Gasteiger partial charge in [0, 0.05) is 22.6 Å². The molecule has 1 N–H and O–H groups in total. The standard InChI is InChI=1S/C34H36IN3O4S/c1-3-26(2)36-34(40)32(23-27-13-7-4-8-14-27)37(24-28-15-9-5-10-16-28)33(39)25-38(30-21-19-29(35)20-22-30)43(41,42)31-17-11-6-12-18-31/h4-22,26,32H,3,23-25H2,1-2H3,(H,36,40)/t26-,32-/m1/s1. The van der Waals surface area contributed by atoms with E-state index in [0.717, 1.165) is 25.4 Å². The molecule has 2 amide bonds. The molecule has 43 heavy (non-hydrogen) atoms. The van der Waals surface area contributed by atoms with E-state index < -0.39 is 28.5 Å². The predicted molar refractivity (Wildman–Crippen MR) is 179 cm³/mol. The fraction of sp³-hybridized carbons (Fsp3) is 0.235. The SMILES string of the molecule is CC[C@@H](C)NC(=O)[C@@H](Cc1ccccc1)N(Cc1ccccc1)C(=O)CN(c1ccc(I)cc1)S(=O)(=O)c1ccccc1. The van der Waals surface area contributed by atoms with E-state index in [1.807, 2.05) is 74.5 Å². The van der Waals surface area contributed by atoms with E-state index in [4.69, 9.17) is 0 Å². The maximum absolute atomic E-state index is 14.4. The first-order chi connectivity index (χ1) is 20.7. The van der Waals surface area contributed by atoms with Crippen LogP contribution >= 0.6 is 22.6 Å². The van der Waals surface area contributed by atoms with Gasteiger partial charge in [-0.15, -0.1) is 0 Å². The van der Waals surface area contributed by atoms with Crippen LogP contribution < -0.4 is 9.62 Å². The second-order valence-electron chi connectivity index (χ2n) is 10.3. The first-order valence-corrected chi connectivity index (χ1v) is 16.7. The number of nitrogens with one attached hydrogen (secondary N) is 1. The van der Waals surface area contributed by atoms with Gasteiger partial charge in [0.05, 0.1) is 10.6 Å². The fourth-order valence-electron chi connectivity index (χ4n) is 4.63. The van der Waals surface area contributed by atoms with E-state index in [0.29, 0.717) is 5.69 Å². The third-order valence-electron chi connectivity index (χ3n) is 7.19. The van der Waals surface area contributed by atoms with Crippen molar-refractivity contribution in [3.05, 3.63) is 130 Å². The van der Waals surface area contributed by atoms with Crippen molar-refractivity contribution >= 4 is 50.1 Å². The number of carbonyl (C=O) groups is 2. The third-order valence-corrected chi connectivity index (χ3v) is 9.70. The highest BCUT2D eigenvalue weighted by atomic mass is 127. The number of hydrogen-bond donors (Lipinski definition) is 1. The zero-order chi connectivity index (χ0) is 30.8. The molecule has 9 heteroatoms. The van der Waals surface area contributed by atoms with Crippen LogP contribution in [-0.4, -0.2) is 43.8 Å². The summed E-state index contributed by atoms with van der Waals surface area (Å²) in [6, 6.07) is 33.0. The molecular weight excluding hydrogens is 673 g/mol. The lowest BCUT2D eigenvalue weighted by Gasteiger charge is -2.34. The minimum atomic E-state index is -4.11. The molecular formula is C34H36IN3O4S. The molecule has 0 aliphatic rings. The monoisotopic (exact) mass is 709 g/mol. The molecule has 7 nitrogen and oxygen atoms in total. The van der Waals surface area contributed by atoms with Crippen LogP contribution in [0, 0.1) is 3.57 Å². The maximum Gasteiger partial charge on any atom is 0.264 e. The van der Waals surface area contributed by atoms with E-state index in [9.17, 15) is 18.0 Å². The molecule has 4 aromatic carbocycles. The molecule has 224 valence electrons. The second kappa shape index (κ2) is 15.2. The number of sulfonamides is 1. The molecule has 0 aliphatic heterocycles. The molecule has 0 spiro atoms. The molecule has 0 unspecified atom stereocenters. The van der Waals surface area contributed by atoms with Gasteiger partial charge in [-0.2, -0.15) is 0 Å². The lowest BCUT2D eigenvalue weighted by Crippen LogP contribution is -2.54. The van der Waals surface area contributed by atoms with Crippen molar-refractivity contribution in [2.45, 2.75) is 50.2 Å². The summed E-state index contributed by atoms with van der Waals surface area (Å²) in [6.45, 7) is 3.56. The summed E-state index contributed by atoms with van der Waals surface area (Å²) in [5, 5.41) is 3.05. The average Bonchev–Trinajstić information content (AvgIpc) is 3.03. The molecule has 4 rings (SSSR count). The molecule has 0 aliphatic carbocycles. The summed E-state index contributed by atoms with van der Waals surface area (Å²) in [5.41, 5.74) is 2.09. The summed E-state index contributed by atoms with van der Waals surface area (Å²) in [5.74, 6) is -0.767. The fourth-order valence-corrected chi connectivity index (χ4v) is 6.43. The Morgan fingerprint density at radius 1 is 0.791 bits per heavy atom. The Labute approximate surface area is 268 Å². The highest BCUT2D eigenvalue weighted by Crippen LogP contribution is 2.26. The number of halogens is 1. The van der Waals surface area contributed by atoms with Crippen molar-refractivity contribution in [1.29, 1.82) is 0 Å². The Balaban J connectivity index is 1.78. The largest absolute Gasteiger partial charge is 0.352 e. The smallest absolute Gasteiger partial charge is 0.264 e. The molecule has 0 saturated heterocycles. The van der Waals surface area contributed by atoms with Crippen molar-refractivity contribution < 1.29 is 18.0 Å². The molecule has 0 heterocycles. The summed E-state index contributed by atoms with van der Waals surface area (Å²) < 4.78 is 30.0. The van der Waals surface area contributed by atoms with Crippen LogP contribution in [0.4, 0.5) is 5.69 Å². The van der Waals surface area contributed by atoms with Crippen LogP contribution in [0.2, 0.25) is 0 Å². The Morgan fingerprint density at radius 2 is 1.33 bits per heavy atom. The van der Waals surface area contributed by atoms with Crippen LogP contribution in [0.1, 0.15) is 31.4 Å². The van der Waals surface area contributed by atoms with Crippen molar-refractivity contribution in [2.24, 2.45) is 0 Å². The number of carbonyl (C=O) groups excluding carboxylic acids is 2. The second-order valence-corrected chi connectivity index (χ2v) is 13.4. The van der Waals surface area contributed by atoms with Crippen molar-refractivity contribution in [2.75, 3.05) is 10.8 Å². The Morgan fingerprint density at radius 3 is 1.88 bits per heavy atom. The van der Waals surface area contributed by atoms with Gasteiger partial charge in [-0.1, -0.05) is 85.8 Å². The molecule has 2 atom stereocenters. The van der Waals surface area contributed by atoms with Gasteiger partial charge in [0.15, 0.2) is 0 Å². The Hall–Kier alpha value is -3.70. The number of amides is 2. The third kappa shape index (κ3) is 8.67. The number of anilines is 1. The van der Waals surface area contributed by atoms with E-state index >= 15 is 0 Å². The molecule has 4 aromatic rings. The predicted octanol–water partition coefficient (Wildman–Crippen LogP) is 6.04. The van der Waals surface area contributed by atoms with E-state index in [-0.39, 0.29) is 29.8 Å². The topological polar surface area (TPSA) is 86.8 Å². The van der Waals surface area contributed by atoms with Crippen molar-refractivity contribution in [3.63, 3.8) is 0 Å². The summed E-state index contributed by atoms with van der Waals surface area (Å²) in [4.78, 5) is 29.8. The van der Waals surface area contributed by atoms with Gasteiger partial charge in [0.1, 0.15) is 12.6 Å². The van der Waals surface area contributed by atoms with Crippen LogP contribution in [0.5, 0.6) is 0 Å².